The molecule has 0 atom stereocenters. The smallest absolute Gasteiger partial charge is 0.357 e. The molecule has 0 spiro atoms. The fourth-order valence-electron chi connectivity index (χ4n) is 0.449. The van der Waals surface area contributed by atoms with Crippen LogP contribution in [0.2, 0.25) is 0 Å². The first kappa shape index (κ1) is 6.25. The molecule has 0 unspecified atom stereocenters. The molecule has 48 valence electrons. The summed E-state index contributed by atoms with van der Waals surface area (Å²) in [5.41, 5.74) is 0.502. The van der Waals surface area contributed by atoms with Crippen LogP contribution in [0.25, 0.3) is 0 Å². The number of hydrogen-bond acceptors (Lipinski definition) is 4. The molecule has 9 heavy (non-hydrogen) atoms. The third-order valence-corrected chi connectivity index (χ3v) is 1.55. The summed E-state index contributed by atoms with van der Waals surface area (Å²) in [7, 11) is 0. The van der Waals surface area contributed by atoms with Gasteiger partial charge in [-0.15, -0.1) is 0 Å². The van der Waals surface area contributed by atoms with Crippen LogP contribution < -0.4 is 5.90 Å². The summed E-state index contributed by atoms with van der Waals surface area (Å²) in [6.45, 7) is 0. The maximum Gasteiger partial charge on any atom is 0.357 e. The number of nitrogens with two attached hydrogens (primary N) is 1. The van der Waals surface area contributed by atoms with E-state index in [1.54, 1.807) is 16.8 Å². The summed E-state index contributed by atoms with van der Waals surface area (Å²) >= 11 is 1.43. The molecule has 1 aromatic heterocycles. The summed E-state index contributed by atoms with van der Waals surface area (Å²) < 4.78 is 0. The van der Waals surface area contributed by atoms with E-state index in [9.17, 15) is 4.79 Å². The van der Waals surface area contributed by atoms with Crippen molar-refractivity contribution in [2.75, 3.05) is 0 Å². The van der Waals surface area contributed by atoms with Crippen molar-refractivity contribution in [2.45, 2.75) is 0 Å². The average molecular weight is 143 g/mol. The van der Waals surface area contributed by atoms with Crippen LogP contribution in [0.4, 0.5) is 0 Å². The van der Waals surface area contributed by atoms with Crippen molar-refractivity contribution < 1.29 is 9.63 Å². The molecule has 1 rings (SSSR count). The number of rotatable bonds is 1. The van der Waals surface area contributed by atoms with Crippen LogP contribution >= 0.6 is 11.3 Å². The molecule has 0 aromatic carbocycles. The highest BCUT2D eigenvalue weighted by Crippen LogP contribution is 2.05. The number of carbonyl (C=O) groups is 1. The minimum absolute atomic E-state index is 0.490. The first-order valence-corrected chi connectivity index (χ1v) is 3.22. The van der Waals surface area contributed by atoms with Crippen molar-refractivity contribution in [3.63, 3.8) is 0 Å². The topological polar surface area (TPSA) is 52.3 Å². The van der Waals surface area contributed by atoms with Crippen molar-refractivity contribution in [3.8, 4) is 0 Å². The van der Waals surface area contributed by atoms with Gasteiger partial charge in [-0.05, 0) is 11.4 Å². The van der Waals surface area contributed by atoms with Gasteiger partial charge in [0.15, 0.2) is 0 Å². The Morgan fingerprint density at radius 3 is 3.00 bits per heavy atom. The predicted molar refractivity (Wildman–Crippen MR) is 33.9 cm³/mol. The van der Waals surface area contributed by atoms with Crippen LogP contribution in [0, 0.1) is 0 Å². The van der Waals surface area contributed by atoms with E-state index in [-0.39, 0.29) is 0 Å². The molecule has 4 heteroatoms. The fraction of sp³-hybridized carbons (Fsp3) is 0. The molecule has 0 aliphatic heterocycles. The molecule has 3 nitrogen and oxygen atoms in total. The normalized spacial score (nSPS) is 9.00. The molecule has 2 N–H and O–H groups in total. The zero-order chi connectivity index (χ0) is 6.69. The second kappa shape index (κ2) is 2.61. The molecule has 0 bridgehead atoms. The van der Waals surface area contributed by atoms with E-state index in [2.05, 4.69) is 10.7 Å². The standard InChI is InChI=1S/C5H5NO2S/c6-8-5(7)4-1-2-9-3-4/h1-3H,6H2. The molecule has 1 heterocycles. The lowest BCUT2D eigenvalue weighted by atomic mass is 10.4. The molecular formula is C5H5NO2S. The summed E-state index contributed by atoms with van der Waals surface area (Å²) in [4.78, 5) is 14.5. The molecule has 0 aliphatic rings. The summed E-state index contributed by atoms with van der Waals surface area (Å²) in [5, 5.41) is 3.46. The molecular weight excluding hydrogens is 138 g/mol. The Balaban J connectivity index is 2.77. The SMILES string of the molecule is NOC(=O)c1ccsc1. The van der Waals surface area contributed by atoms with Crippen molar-refractivity contribution in [1.29, 1.82) is 0 Å². The highest BCUT2D eigenvalue weighted by atomic mass is 32.1. The van der Waals surface area contributed by atoms with Gasteiger partial charge < -0.3 is 4.84 Å². The Kier molecular flexibility index (Phi) is 1.81. The Bertz CT molecular complexity index is 195. The highest BCUT2D eigenvalue weighted by molar-refractivity contribution is 7.08. The van der Waals surface area contributed by atoms with E-state index in [1.807, 2.05) is 0 Å². The third-order valence-electron chi connectivity index (χ3n) is 0.864. The monoisotopic (exact) mass is 143 g/mol. The summed E-state index contributed by atoms with van der Waals surface area (Å²) in [6.07, 6.45) is 0. The minimum atomic E-state index is -0.490. The lowest BCUT2D eigenvalue weighted by Gasteiger charge is -1.89. The van der Waals surface area contributed by atoms with Gasteiger partial charge in [0.1, 0.15) is 0 Å². The Morgan fingerprint density at radius 2 is 2.56 bits per heavy atom. The molecule has 0 saturated carbocycles. The van der Waals surface area contributed by atoms with Crippen molar-refractivity contribution >= 4 is 17.3 Å². The quantitative estimate of drug-likeness (QED) is 0.591. The maximum atomic E-state index is 10.5. The Hall–Kier alpha value is -0.870. The number of carbonyl (C=O) groups excluding carboxylic acids is 1. The van der Waals surface area contributed by atoms with Crippen molar-refractivity contribution in [1.82, 2.24) is 0 Å². The Labute approximate surface area is 56.0 Å². The minimum Gasteiger partial charge on any atom is -0.370 e. The maximum absolute atomic E-state index is 10.5. The number of hydrogen-bond donors (Lipinski definition) is 1. The zero-order valence-electron chi connectivity index (χ0n) is 4.53. The molecule has 0 fully saturated rings. The van der Waals surface area contributed by atoms with E-state index in [0.717, 1.165) is 0 Å². The largest absolute Gasteiger partial charge is 0.370 e. The third kappa shape index (κ3) is 1.28. The second-order valence-corrected chi connectivity index (χ2v) is 2.20. The molecule has 0 saturated heterocycles. The molecule has 0 radical (unpaired) electrons. The first-order valence-electron chi connectivity index (χ1n) is 2.28. The van der Waals surface area contributed by atoms with Gasteiger partial charge in [0, 0.05) is 5.38 Å². The van der Waals surface area contributed by atoms with Crippen LogP contribution in [0.5, 0.6) is 0 Å². The van der Waals surface area contributed by atoms with E-state index in [0.29, 0.717) is 5.56 Å². The second-order valence-electron chi connectivity index (χ2n) is 1.42. The Morgan fingerprint density at radius 1 is 1.78 bits per heavy atom. The first-order chi connectivity index (χ1) is 4.34. The van der Waals surface area contributed by atoms with E-state index in [4.69, 9.17) is 0 Å². The van der Waals surface area contributed by atoms with Crippen LogP contribution in [0.1, 0.15) is 10.4 Å². The van der Waals surface area contributed by atoms with E-state index >= 15 is 0 Å². The van der Waals surface area contributed by atoms with Crippen LogP contribution in [0.3, 0.4) is 0 Å². The molecule has 1 aromatic rings. The molecule has 0 aliphatic carbocycles. The van der Waals surface area contributed by atoms with Gasteiger partial charge in [-0.2, -0.15) is 17.2 Å². The average Bonchev–Trinajstić information content (AvgIpc) is 2.37. The van der Waals surface area contributed by atoms with Gasteiger partial charge in [-0.25, -0.2) is 4.79 Å². The summed E-state index contributed by atoms with van der Waals surface area (Å²) in [6, 6.07) is 1.65. The predicted octanol–water partition coefficient (Wildman–Crippen LogP) is 0.779. The van der Waals surface area contributed by atoms with Crippen LogP contribution in [-0.4, -0.2) is 5.97 Å². The zero-order valence-corrected chi connectivity index (χ0v) is 5.35. The van der Waals surface area contributed by atoms with Crippen molar-refractivity contribution in [3.05, 3.63) is 22.4 Å². The van der Waals surface area contributed by atoms with Crippen LogP contribution in [-0.2, 0) is 4.84 Å². The summed E-state index contributed by atoms with van der Waals surface area (Å²) in [5.74, 6) is 4.13. The lowest BCUT2D eigenvalue weighted by Crippen LogP contribution is -2.08. The molecule has 0 amide bonds. The van der Waals surface area contributed by atoms with Gasteiger partial charge in [0.25, 0.3) is 0 Å². The fourth-order valence-corrected chi connectivity index (χ4v) is 1.07. The number of thiophene rings is 1. The van der Waals surface area contributed by atoms with Gasteiger partial charge in [0.2, 0.25) is 0 Å². The van der Waals surface area contributed by atoms with E-state index < -0.39 is 5.97 Å². The van der Waals surface area contributed by atoms with Crippen LogP contribution in [0.15, 0.2) is 16.8 Å². The lowest BCUT2D eigenvalue weighted by molar-refractivity contribution is 0.0504. The van der Waals surface area contributed by atoms with E-state index in [1.165, 1.54) is 11.3 Å². The van der Waals surface area contributed by atoms with Crippen molar-refractivity contribution in [2.24, 2.45) is 5.90 Å². The van der Waals surface area contributed by atoms with Gasteiger partial charge in [-0.1, -0.05) is 0 Å². The van der Waals surface area contributed by atoms with Gasteiger partial charge in [-0.3, -0.25) is 0 Å². The van der Waals surface area contributed by atoms with Gasteiger partial charge in [0.05, 0.1) is 5.56 Å². The van der Waals surface area contributed by atoms with Gasteiger partial charge >= 0.3 is 5.97 Å². The highest BCUT2D eigenvalue weighted by Gasteiger charge is 2.03.